The van der Waals surface area contributed by atoms with E-state index >= 15 is 0 Å². The lowest BCUT2D eigenvalue weighted by molar-refractivity contribution is 0.290. The molecule has 0 amide bonds. The number of rotatable bonds is 9. The number of ether oxygens (including phenoxy) is 1. The van der Waals surface area contributed by atoms with Gasteiger partial charge in [0.1, 0.15) is 5.75 Å². The third-order valence-electron chi connectivity index (χ3n) is 4.50. The Morgan fingerprint density at radius 2 is 1.50 bits per heavy atom. The SMILES string of the molecule is c1ccc(Nc2ccc(OCCCCCN3CCCC3)cc2)cc1. The second kappa shape index (κ2) is 9.33. The van der Waals surface area contributed by atoms with Crippen LogP contribution in [0, 0.1) is 0 Å². The van der Waals surface area contributed by atoms with Crippen LogP contribution in [-0.2, 0) is 0 Å². The van der Waals surface area contributed by atoms with E-state index in [4.69, 9.17) is 4.74 Å². The molecule has 2 aromatic carbocycles. The average molecular weight is 324 g/mol. The molecule has 0 bridgehead atoms. The normalized spacial score (nSPS) is 14.7. The fraction of sp³-hybridized carbons (Fsp3) is 0.429. The highest BCUT2D eigenvalue weighted by atomic mass is 16.5. The van der Waals surface area contributed by atoms with Crippen molar-refractivity contribution in [3.05, 3.63) is 54.6 Å². The van der Waals surface area contributed by atoms with Crippen LogP contribution < -0.4 is 10.1 Å². The zero-order valence-electron chi connectivity index (χ0n) is 14.4. The van der Waals surface area contributed by atoms with Crippen LogP contribution in [0.15, 0.2) is 54.6 Å². The molecule has 1 saturated heterocycles. The maximum Gasteiger partial charge on any atom is 0.119 e. The van der Waals surface area contributed by atoms with Gasteiger partial charge in [-0.1, -0.05) is 18.2 Å². The first-order chi connectivity index (χ1) is 11.9. The van der Waals surface area contributed by atoms with Crippen LogP contribution >= 0.6 is 0 Å². The molecule has 0 unspecified atom stereocenters. The summed E-state index contributed by atoms with van der Waals surface area (Å²) in [6.45, 7) is 4.69. The summed E-state index contributed by atoms with van der Waals surface area (Å²) in [6, 6.07) is 18.4. The molecule has 0 aromatic heterocycles. The molecule has 0 aliphatic carbocycles. The zero-order chi connectivity index (χ0) is 16.5. The number of nitrogens with zero attached hydrogens (tertiary/aromatic N) is 1. The fourth-order valence-corrected chi connectivity index (χ4v) is 3.13. The highest BCUT2D eigenvalue weighted by molar-refractivity contribution is 5.59. The standard InChI is InChI=1S/C21H28N2O/c1-3-9-19(10-4-1)22-20-11-13-21(14-12-20)24-18-8-2-5-15-23-16-6-7-17-23/h1,3-4,9-14,22H,2,5-8,15-18H2. The molecule has 0 saturated carbocycles. The first-order valence-corrected chi connectivity index (χ1v) is 9.17. The lowest BCUT2D eigenvalue weighted by atomic mass is 10.2. The van der Waals surface area contributed by atoms with E-state index in [1.807, 2.05) is 30.3 Å². The molecule has 3 nitrogen and oxygen atoms in total. The summed E-state index contributed by atoms with van der Waals surface area (Å²) in [5, 5.41) is 3.38. The van der Waals surface area contributed by atoms with Gasteiger partial charge in [-0.15, -0.1) is 0 Å². The van der Waals surface area contributed by atoms with Gasteiger partial charge in [-0.25, -0.2) is 0 Å². The Hall–Kier alpha value is -2.00. The summed E-state index contributed by atoms with van der Waals surface area (Å²) in [5.74, 6) is 0.952. The van der Waals surface area contributed by atoms with E-state index in [0.717, 1.165) is 30.2 Å². The molecule has 1 N–H and O–H groups in total. The van der Waals surface area contributed by atoms with Gasteiger partial charge in [0.05, 0.1) is 6.61 Å². The van der Waals surface area contributed by atoms with Crippen LogP contribution in [0.2, 0.25) is 0 Å². The van der Waals surface area contributed by atoms with Crippen LogP contribution in [-0.4, -0.2) is 31.1 Å². The van der Waals surface area contributed by atoms with Gasteiger partial charge in [0.15, 0.2) is 0 Å². The van der Waals surface area contributed by atoms with Crippen LogP contribution in [0.5, 0.6) is 5.75 Å². The molecule has 0 atom stereocenters. The van der Waals surface area contributed by atoms with Gasteiger partial charge in [0.25, 0.3) is 0 Å². The number of nitrogens with one attached hydrogen (secondary N) is 1. The van der Waals surface area contributed by atoms with Crippen molar-refractivity contribution in [1.82, 2.24) is 4.90 Å². The molecule has 1 fully saturated rings. The minimum atomic E-state index is 0.811. The van der Waals surface area contributed by atoms with Crippen molar-refractivity contribution in [1.29, 1.82) is 0 Å². The number of hydrogen-bond acceptors (Lipinski definition) is 3. The fourth-order valence-electron chi connectivity index (χ4n) is 3.13. The third kappa shape index (κ3) is 5.57. The molecule has 0 spiro atoms. The molecule has 1 aliphatic heterocycles. The quantitative estimate of drug-likeness (QED) is 0.651. The van der Waals surface area contributed by atoms with E-state index in [2.05, 4.69) is 34.5 Å². The minimum Gasteiger partial charge on any atom is -0.494 e. The average Bonchev–Trinajstić information content (AvgIpc) is 3.14. The van der Waals surface area contributed by atoms with Crippen molar-refractivity contribution in [2.75, 3.05) is 31.6 Å². The van der Waals surface area contributed by atoms with Crippen LogP contribution in [0.1, 0.15) is 32.1 Å². The van der Waals surface area contributed by atoms with E-state index in [1.54, 1.807) is 0 Å². The summed E-state index contributed by atoms with van der Waals surface area (Å²) >= 11 is 0. The van der Waals surface area contributed by atoms with Crippen molar-refractivity contribution in [2.24, 2.45) is 0 Å². The van der Waals surface area contributed by atoms with Crippen molar-refractivity contribution < 1.29 is 4.74 Å². The van der Waals surface area contributed by atoms with Gasteiger partial charge in [0, 0.05) is 11.4 Å². The molecule has 1 aliphatic rings. The van der Waals surface area contributed by atoms with Gasteiger partial charge in [-0.3, -0.25) is 0 Å². The van der Waals surface area contributed by atoms with Crippen molar-refractivity contribution in [3.8, 4) is 5.75 Å². The van der Waals surface area contributed by atoms with Gasteiger partial charge in [-0.2, -0.15) is 0 Å². The Morgan fingerprint density at radius 3 is 2.25 bits per heavy atom. The highest BCUT2D eigenvalue weighted by Gasteiger charge is 2.09. The Kier molecular flexibility index (Phi) is 6.55. The Balaban J connectivity index is 1.31. The first-order valence-electron chi connectivity index (χ1n) is 9.17. The number of unbranched alkanes of at least 4 members (excludes halogenated alkanes) is 2. The maximum absolute atomic E-state index is 5.84. The third-order valence-corrected chi connectivity index (χ3v) is 4.50. The van der Waals surface area contributed by atoms with Crippen LogP contribution in [0.3, 0.4) is 0 Å². The zero-order valence-corrected chi connectivity index (χ0v) is 14.4. The summed E-state index contributed by atoms with van der Waals surface area (Å²) in [4.78, 5) is 2.58. The predicted molar refractivity (Wildman–Crippen MR) is 101 cm³/mol. The smallest absolute Gasteiger partial charge is 0.119 e. The van der Waals surface area contributed by atoms with Gasteiger partial charge >= 0.3 is 0 Å². The van der Waals surface area contributed by atoms with E-state index in [-0.39, 0.29) is 0 Å². The number of hydrogen-bond donors (Lipinski definition) is 1. The molecular formula is C21H28N2O. The molecule has 3 rings (SSSR count). The predicted octanol–water partition coefficient (Wildman–Crippen LogP) is 5.08. The Morgan fingerprint density at radius 1 is 0.792 bits per heavy atom. The molecule has 0 radical (unpaired) electrons. The second-order valence-electron chi connectivity index (χ2n) is 6.47. The molecular weight excluding hydrogens is 296 g/mol. The Bertz CT molecular complexity index is 577. The largest absolute Gasteiger partial charge is 0.494 e. The Labute approximate surface area is 145 Å². The van der Waals surface area contributed by atoms with Crippen LogP contribution in [0.25, 0.3) is 0 Å². The second-order valence-corrected chi connectivity index (χ2v) is 6.47. The topological polar surface area (TPSA) is 24.5 Å². The molecule has 3 heteroatoms. The highest BCUT2D eigenvalue weighted by Crippen LogP contribution is 2.20. The van der Waals surface area contributed by atoms with Crippen molar-refractivity contribution in [3.63, 3.8) is 0 Å². The maximum atomic E-state index is 5.84. The molecule has 2 aromatic rings. The molecule has 1 heterocycles. The van der Waals surface area contributed by atoms with Gasteiger partial charge in [0.2, 0.25) is 0 Å². The number of likely N-dealkylation sites (tertiary alicyclic amines) is 1. The molecule has 24 heavy (non-hydrogen) atoms. The lowest BCUT2D eigenvalue weighted by Crippen LogP contribution is -2.20. The summed E-state index contributed by atoms with van der Waals surface area (Å²) < 4.78 is 5.84. The summed E-state index contributed by atoms with van der Waals surface area (Å²) in [7, 11) is 0. The van der Waals surface area contributed by atoms with E-state index in [9.17, 15) is 0 Å². The lowest BCUT2D eigenvalue weighted by Gasteiger charge is -2.14. The monoisotopic (exact) mass is 324 g/mol. The number of para-hydroxylation sites is 1. The van der Waals surface area contributed by atoms with Crippen molar-refractivity contribution in [2.45, 2.75) is 32.1 Å². The number of anilines is 2. The van der Waals surface area contributed by atoms with E-state index in [1.165, 1.54) is 45.3 Å². The number of benzene rings is 2. The molecule has 128 valence electrons. The van der Waals surface area contributed by atoms with Crippen LogP contribution in [0.4, 0.5) is 11.4 Å². The van der Waals surface area contributed by atoms with Crippen molar-refractivity contribution >= 4 is 11.4 Å². The summed E-state index contributed by atoms with van der Waals surface area (Å²) in [6.07, 6.45) is 6.46. The van der Waals surface area contributed by atoms with E-state index in [0.29, 0.717) is 0 Å². The summed E-state index contributed by atoms with van der Waals surface area (Å²) in [5.41, 5.74) is 2.18. The van der Waals surface area contributed by atoms with Gasteiger partial charge < -0.3 is 15.0 Å². The van der Waals surface area contributed by atoms with Gasteiger partial charge in [-0.05, 0) is 88.1 Å². The minimum absolute atomic E-state index is 0.811. The van der Waals surface area contributed by atoms with E-state index < -0.39 is 0 Å². The first kappa shape index (κ1) is 16.8.